The zero-order valence-electron chi connectivity index (χ0n) is 5.73. The Morgan fingerprint density at radius 1 is 1.38 bits per heavy atom. The van der Waals surface area contributed by atoms with E-state index in [4.69, 9.17) is 5.73 Å². The molecule has 0 atom stereocenters. The molecule has 8 heavy (non-hydrogen) atoms. The van der Waals surface area contributed by atoms with Crippen molar-refractivity contribution in [1.29, 1.82) is 0 Å². The Kier molecular flexibility index (Phi) is 3.01. The van der Waals surface area contributed by atoms with Crippen LogP contribution >= 0.6 is 0 Å². The van der Waals surface area contributed by atoms with Gasteiger partial charge in [-0.3, -0.25) is 0 Å². The van der Waals surface area contributed by atoms with E-state index in [1.54, 1.807) is 0 Å². The average Bonchev–Trinajstić information content (AvgIpc) is 1.65. The van der Waals surface area contributed by atoms with Gasteiger partial charge in [0.1, 0.15) is 0 Å². The van der Waals surface area contributed by atoms with Crippen LogP contribution in [0.5, 0.6) is 0 Å². The molecule has 0 aliphatic heterocycles. The minimum atomic E-state index is 0.862. The number of hydrogen-bond donors (Lipinski definition) is 1. The smallest absolute Gasteiger partial charge is 0.00514 e. The molecule has 0 aromatic rings. The molecule has 0 bridgehead atoms. The van der Waals surface area contributed by atoms with Gasteiger partial charge in [0.15, 0.2) is 0 Å². The average molecular weight is 111 g/mol. The van der Waals surface area contributed by atoms with Gasteiger partial charge >= 0.3 is 0 Å². The molecule has 0 spiro atoms. The van der Waals surface area contributed by atoms with Crippen LogP contribution in [-0.4, -0.2) is 0 Å². The molecule has 0 amide bonds. The molecule has 0 heterocycles. The van der Waals surface area contributed by atoms with E-state index in [-0.39, 0.29) is 0 Å². The predicted octanol–water partition coefficient (Wildman–Crippen LogP) is 1.82. The van der Waals surface area contributed by atoms with Crippen molar-refractivity contribution in [3.05, 3.63) is 23.4 Å². The fraction of sp³-hybridized carbons (Fsp3) is 0.429. The third-order valence-corrected chi connectivity index (χ3v) is 0.911. The van der Waals surface area contributed by atoms with Gasteiger partial charge in [-0.05, 0) is 26.8 Å². The van der Waals surface area contributed by atoms with E-state index in [2.05, 4.69) is 0 Å². The quantitative estimate of drug-likeness (QED) is 0.513. The summed E-state index contributed by atoms with van der Waals surface area (Å²) < 4.78 is 0. The third-order valence-electron chi connectivity index (χ3n) is 0.911. The molecule has 0 fully saturated rings. The molecular weight excluding hydrogens is 98.1 g/mol. The lowest BCUT2D eigenvalue weighted by Crippen LogP contribution is -1.89. The summed E-state index contributed by atoms with van der Waals surface area (Å²) in [4.78, 5) is 0. The summed E-state index contributed by atoms with van der Waals surface area (Å²) in [7, 11) is 0. The molecule has 0 saturated heterocycles. The van der Waals surface area contributed by atoms with Crippen LogP contribution in [0.2, 0.25) is 0 Å². The fourth-order valence-corrected chi connectivity index (χ4v) is 0.442. The Balaban J connectivity index is 3.89. The molecule has 0 unspecified atom stereocenters. The second-order valence-corrected chi connectivity index (χ2v) is 1.92. The Morgan fingerprint density at radius 2 is 1.88 bits per heavy atom. The second-order valence-electron chi connectivity index (χ2n) is 1.92. The van der Waals surface area contributed by atoms with Crippen LogP contribution in [0.4, 0.5) is 0 Å². The lowest BCUT2D eigenvalue weighted by molar-refractivity contribution is 1.28. The highest BCUT2D eigenvalue weighted by atomic mass is 14.5. The molecule has 0 aromatic carbocycles. The Morgan fingerprint density at radius 3 is 2.00 bits per heavy atom. The number of rotatable bonds is 1. The van der Waals surface area contributed by atoms with Gasteiger partial charge in [-0.25, -0.2) is 0 Å². The maximum absolute atomic E-state index is 5.39. The molecule has 0 aliphatic rings. The van der Waals surface area contributed by atoms with Crippen LogP contribution in [0.25, 0.3) is 0 Å². The van der Waals surface area contributed by atoms with Crippen molar-refractivity contribution >= 4 is 0 Å². The van der Waals surface area contributed by atoms with Crippen LogP contribution in [-0.2, 0) is 0 Å². The second kappa shape index (κ2) is 3.30. The number of allylic oxidation sites excluding steroid dienone is 4. The van der Waals surface area contributed by atoms with Crippen molar-refractivity contribution < 1.29 is 0 Å². The van der Waals surface area contributed by atoms with E-state index in [1.165, 1.54) is 5.57 Å². The van der Waals surface area contributed by atoms with E-state index in [1.807, 2.05) is 32.9 Å². The molecule has 0 radical (unpaired) electrons. The highest BCUT2D eigenvalue weighted by Gasteiger charge is 1.77. The zero-order valence-corrected chi connectivity index (χ0v) is 5.73. The Hall–Kier alpha value is -0.720. The van der Waals surface area contributed by atoms with E-state index >= 15 is 0 Å². The van der Waals surface area contributed by atoms with Crippen LogP contribution in [0.3, 0.4) is 0 Å². The summed E-state index contributed by atoms with van der Waals surface area (Å²) in [6, 6.07) is 0. The van der Waals surface area contributed by atoms with Gasteiger partial charge in [0.05, 0.1) is 0 Å². The first kappa shape index (κ1) is 7.28. The van der Waals surface area contributed by atoms with Crippen LogP contribution in [0, 0.1) is 0 Å². The van der Waals surface area contributed by atoms with Gasteiger partial charge in [0.25, 0.3) is 0 Å². The van der Waals surface area contributed by atoms with Crippen molar-refractivity contribution in [1.82, 2.24) is 0 Å². The van der Waals surface area contributed by atoms with Gasteiger partial charge in [-0.2, -0.15) is 0 Å². The molecule has 0 aliphatic carbocycles. The van der Waals surface area contributed by atoms with Crippen molar-refractivity contribution in [2.24, 2.45) is 5.73 Å². The van der Waals surface area contributed by atoms with Gasteiger partial charge in [-0.15, -0.1) is 0 Å². The van der Waals surface area contributed by atoms with Crippen molar-refractivity contribution in [2.45, 2.75) is 20.8 Å². The normalized spacial score (nSPS) is 14.4. The van der Waals surface area contributed by atoms with Gasteiger partial charge in [0.2, 0.25) is 0 Å². The molecular formula is C7H13N. The first-order valence-electron chi connectivity index (χ1n) is 2.73. The highest BCUT2D eigenvalue weighted by molar-refractivity contribution is 5.17. The Labute approximate surface area is 50.9 Å². The summed E-state index contributed by atoms with van der Waals surface area (Å²) in [5.41, 5.74) is 7.46. The number of nitrogens with two attached hydrogens (primary N) is 1. The first-order chi connectivity index (χ1) is 3.66. The largest absolute Gasteiger partial charge is 0.402 e. The molecule has 0 rings (SSSR count). The summed E-state index contributed by atoms with van der Waals surface area (Å²) >= 11 is 0. The van der Waals surface area contributed by atoms with E-state index in [9.17, 15) is 0 Å². The minimum Gasteiger partial charge on any atom is -0.402 e. The molecule has 46 valence electrons. The SMILES string of the molecule is C/C=C(C)\C=C(\C)N. The van der Waals surface area contributed by atoms with Crippen LogP contribution < -0.4 is 5.73 Å². The third kappa shape index (κ3) is 3.47. The predicted molar refractivity (Wildman–Crippen MR) is 37.4 cm³/mol. The lowest BCUT2D eigenvalue weighted by Gasteiger charge is -1.89. The first-order valence-corrected chi connectivity index (χ1v) is 2.73. The maximum atomic E-state index is 5.39. The van der Waals surface area contributed by atoms with Gasteiger partial charge < -0.3 is 5.73 Å². The molecule has 1 heteroatoms. The van der Waals surface area contributed by atoms with E-state index in [0.29, 0.717) is 0 Å². The van der Waals surface area contributed by atoms with Crippen LogP contribution in [0.1, 0.15) is 20.8 Å². The van der Waals surface area contributed by atoms with Crippen LogP contribution in [0.15, 0.2) is 23.4 Å². The minimum absolute atomic E-state index is 0.862. The van der Waals surface area contributed by atoms with E-state index in [0.717, 1.165) is 5.70 Å². The molecule has 0 aromatic heterocycles. The zero-order chi connectivity index (χ0) is 6.57. The highest BCUT2D eigenvalue weighted by Crippen LogP contribution is 1.94. The number of hydrogen-bond acceptors (Lipinski definition) is 1. The van der Waals surface area contributed by atoms with Gasteiger partial charge in [-0.1, -0.05) is 11.6 Å². The topological polar surface area (TPSA) is 26.0 Å². The fourth-order valence-electron chi connectivity index (χ4n) is 0.442. The monoisotopic (exact) mass is 111 g/mol. The van der Waals surface area contributed by atoms with Crippen molar-refractivity contribution in [3.63, 3.8) is 0 Å². The van der Waals surface area contributed by atoms with Gasteiger partial charge in [0, 0.05) is 5.70 Å². The summed E-state index contributed by atoms with van der Waals surface area (Å²) in [5.74, 6) is 0. The summed E-state index contributed by atoms with van der Waals surface area (Å²) in [6.07, 6.45) is 3.97. The van der Waals surface area contributed by atoms with E-state index < -0.39 is 0 Å². The van der Waals surface area contributed by atoms with Crippen molar-refractivity contribution in [3.8, 4) is 0 Å². The summed E-state index contributed by atoms with van der Waals surface area (Å²) in [5, 5.41) is 0. The molecule has 2 N–H and O–H groups in total. The molecule has 0 saturated carbocycles. The summed E-state index contributed by atoms with van der Waals surface area (Å²) in [6.45, 7) is 5.90. The standard InChI is InChI=1S/C7H13N/c1-4-6(2)5-7(3)8/h4-5H,8H2,1-3H3/b6-4-,7-5-. The molecule has 1 nitrogen and oxygen atoms in total. The maximum Gasteiger partial charge on any atom is 0.00514 e. The van der Waals surface area contributed by atoms with Crippen molar-refractivity contribution in [2.75, 3.05) is 0 Å². The lowest BCUT2D eigenvalue weighted by atomic mass is 10.2. The Bertz CT molecular complexity index is 116.